The van der Waals surface area contributed by atoms with E-state index in [1.165, 1.54) is 29.5 Å². The summed E-state index contributed by atoms with van der Waals surface area (Å²) in [5, 5.41) is 19.0. The van der Waals surface area contributed by atoms with Gasteiger partial charge < -0.3 is 10.2 Å². The number of phenolic OH excluding ortho intramolecular Hbond substituents is 2. The molecule has 2 N–H and O–H groups in total. The van der Waals surface area contributed by atoms with Gasteiger partial charge in [0.2, 0.25) is 0 Å². The molecule has 0 spiro atoms. The summed E-state index contributed by atoms with van der Waals surface area (Å²) in [5.74, 6) is 0.343. The molecule has 0 heterocycles. The maximum atomic E-state index is 9.62. The van der Waals surface area contributed by atoms with E-state index >= 15 is 0 Å². The zero-order chi connectivity index (χ0) is 11.5. The van der Waals surface area contributed by atoms with Crippen molar-refractivity contribution in [3.05, 3.63) is 48.0 Å². The SMILES string of the molecule is Cc1ccc(Sc2cc(O)ccc2O)cc1. The molecule has 0 amide bonds. The highest BCUT2D eigenvalue weighted by atomic mass is 32.2. The van der Waals surface area contributed by atoms with Crippen LogP contribution in [0.15, 0.2) is 52.3 Å². The van der Waals surface area contributed by atoms with Gasteiger partial charge in [-0.3, -0.25) is 0 Å². The Bertz CT molecular complexity index is 492. The van der Waals surface area contributed by atoms with Crippen molar-refractivity contribution in [2.45, 2.75) is 16.7 Å². The van der Waals surface area contributed by atoms with Crippen LogP contribution in [0.5, 0.6) is 11.5 Å². The van der Waals surface area contributed by atoms with Crippen molar-refractivity contribution in [1.29, 1.82) is 0 Å². The highest BCUT2D eigenvalue weighted by Crippen LogP contribution is 2.36. The summed E-state index contributed by atoms with van der Waals surface area (Å²) < 4.78 is 0. The second kappa shape index (κ2) is 4.49. The number of aryl methyl sites for hydroxylation is 1. The molecule has 16 heavy (non-hydrogen) atoms. The van der Waals surface area contributed by atoms with Gasteiger partial charge in [0.25, 0.3) is 0 Å². The van der Waals surface area contributed by atoms with Crippen molar-refractivity contribution >= 4 is 11.8 Å². The minimum Gasteiger partial charge on any atom is -0.508 e. The van der Waals surface area contributed by atoms with Crippen LogP contribution >= 0.6 is 11.8 Å². The normalized spacial score (nSPS) is 10.3. The van der Waals surface area contributed by atoms with Gasteiger partial charge in [-0.15, -0.1) is 0 Å². The van der Waals surface area contributed by atoms with E-state index in [-0.39, 0.29) is 11.5 Å². The van der Waals surface area contributed by atoms with Gasteiger partial charge in [-0.1, -0.05) is 29.5 Å². The molecule has 0 aliphatic heterocycles. The molecule has 0 aliphatic rings. The summed E-state index contributed by atoms with van der Waals surface area (Å²) in [6, 6.07) is 12.5. The third-order valence-electron chi connectivity index (χ3n) is 2.19. The third-order valence-corrected chi connectivity index (χ3v) is 3.25. The molecule has 0 fully saturated rings. The fourth-order valence-corrected chi connectivity index (χ4v) is 2.20. The Kier molecular flexibility index (Phi) is 3.06. The molecule has 0 radical (unpaired) electrons. The Morgan fingerprint density at radius 1 is 0.938 bits per heavy atom. The standard InChI is InChI=1S/C13H12O2S/c1-9-2-5-11(6-3-9)16-13-8-10(14)4-7-12(13)15/h2-8,14-15H,1H3. The van der Waals surface area contributed by atoms with Crippen LogP contribution in [-0.4, -0.2) is 10.2 Å². The highest BCUT2D eigenvalue weighted by molar-refractivity contribution is 7.99. The maximum absolute atomic E-state index is 9.62. The molecule has 3 heteroatoms. The molecule has 0 aromatic heterocycles. The lowest BCUT2D eigenvalue weighted by atomic mass is 10.2. The second-order valence-electron chi connectivity index (χ2n) is 3.57. The molecule has 0 saturated heterocycles. The van der Waals surface area contributed by atoms with Crippen LogP contribution in [-0.2, 0) is 0 Å². The quantitative estimate of drug-likeness (QED) is 0.778. The van der Waals surface area contributed by atoms with Gasteiger partial charge in [-0.25, -0.2) is 0 Å². The lowest BCUT2D eigenvalue weighted by Gasteiger charge is -2.05. The fraction of sp³-hybridized carbons (Fsp3) is 0.0769. The summed E-state index contributed by atoms with van der Waals surface area (Å²) in [5.41, 5.74) is 1.20. The lowest BCUT2D eigenvalue weighted by molar-refractivity contribution is 0.448. The first-order valence-electron chi connectivity index (χ1n) is 4.91. The number of hydrogen-bond donors (Lipinski definition) is 2. The monoisotopic (exact) mass is 232 g/mol. The first-order valence-corrected chi connectivity index (χ1v) is 5.73. The molecule has 0 saturated carbocycles. The molecule has 0 unspecified atom stereocenters. The molecular weight excluding hydrogens is 220 g/mol. The van der Waals surface area contributed by atoms with Gasteiger partial charge >= 0.3 is 0 Å². The molecule has 2 aromatic rings. The summed E-state index contributed by atoms with van der Waals surface area (Å²) >= 11 is 1.43. The van der Waals surface area contributed by atoms with Crippen molar-refractivity contribution < 1.29 is 10.2 Å². The largest absolute Gasteiger partial charge is 0.508 e. The van der Waals surface area contributed by atoms with Crippen molar-refractivity contribution in [1.82, 2.24) is 0 Å². The average Bonchev–Trinajstić information content (AvgIpc) is 2.27. The summed E-state index contributed by atoms with van der Waals surface area (Å²) in [7, 11) is 0. The van der Waals surface area contributed by atoms with Crippen molar-refractivity contribution in [2.24, 2.45) is 0 Å². The molecule has 2 rings (SSSR count). The zero-order valence-corrected chi connectivity index (χ0v) is 9.66. The highest BCUT2D eigenvalue weighted by Gasteiger charge is 2.04. The first-order chi connectivity index (χ1) is 7.65. The predicted molar refractivity (Wildman–Crippen MR) is 65.1 cm³/mol. The third kappa shape index (κ3) is 2.49. The Hall–Kier alpha value is -1.61. The van der Waals surface area contributed by atoms with Gasteiger partial charge in [0, 0.05) is 4.90 Å². The molecule has 2 nitrogen and oxygen atoms in total. The Balaban J connectivity index is 2.26. The number of aromatic hydroxyl groups is 2. The molecule has 0 aliphatic carbocycles. The lowest BCUT2D eigenvalue weighted by Crippen LogP contribution is -1.76. The number of rotatable bonds is 2. The van der Waals surface area contributed by atoms with Gasteiger partial charge in [0.1, 0.15) is 11.5 Å². The van der Waals surface area contributed by atoms with Crippen molar-refractivity contribution in [2.75, 3.05) is 0 Å². The van der Waals surface area contributed by atoms with Gasteiger partial charge in [0.15, 0.2) is 0 Å². The van der Waals surface area contributed by atoms with Gasteiger partial charge in [0.05, 0.1) is 4.90 Å². The van der Waals surface area contributed by atoms with Gasteiger partial charge in [-0.2, -0.15) is 0 Å². The topological polar surface area (TPSA) is 40.5 Å². The Morgan fingerprint density at radius 2 is 1.62 bits per heavy atom. The van der Waals surface area contributed by atoms with E-state index < -0.39 is 0 Å². The summed E-state index contributed by atoms with van der Waals surface area (Å²) in [6.07, 6.45) is 0. The first kappa shape index (κ1) is 10.9. The van der Waals surface area contributed by atoms with E-state index in [1.54, 1.807) is 6.07 Å². The van der Waals surface area contributed by atoms with E-state index in [0.29, 0.717) is 4.90 Å². The zero-order valence-electron chi connectivity index (χ0n) is 8.84. The Morgan fingerprint density at radius 3 is 2.31 bits per heavy atom. The van der Waals surface area contributed by atoms with E-state index in [4.69, 9.17) is 0 Å². The predicted octanol–water partition coefficient (Wildman–Crippen LogP) is 3.56. The molecular formula is C13H12O2S. The van der Waals surface area contributed by atoms with Crippen LogP contribution in [0, 0.1) is 6.92 Å². The molecule has 82 valence electrons. The van der Waals surface area contributed by atoms with Crippen LogP contribution in [0.4, 0.5) is 0 Å². The van der Waals surface area contributed by atoms with Crippen molar-refractivity contribution in [3.63, 3.8) is 0 Å². The summed E-state index contributed by atoms with van der Waals surface area (Å²) in [4.78, 5) is 1.69. The van der Waals surface area contributed by atoms with Crippen LogP contribution in [0.1, 0.15) is 5.56 Å². The molecule has 2 aromatic carbocycles. The van der Waals surface area contributed by atoms with E-state index in [9.17, 15) is 10.2 Å². The minimum atomic E-state index is 0.160. The van der Waals surface area contributed by atoms with Crippen LogP contribution in [0.2, 0.25) is 0 Å². The van der Waals surface area contributed by atoms with E-state index in [0.717, 1.165) is 4.90 Å². The number of hydrogen-bond acceptors (Lipinski definition) is 3. The van der Waals surface area contributed by atoms with Crippen molar-refractivity contribution in [3.8, 4) is 11.5 Å². The van der Waals surface area contributed by atoms with Gasteiger partial charge in [-0.05, 0) is 37.3 Å². The molecule has 0 atom stereocenters. The van der Waals surface area contributed by atoms with E-state index in [1.807, 2.05) is 31.2 Å². The average molecular weight is 232 g/mol. The molecule has 0 bridgehead atoms. The number of phenols is 2. The van der Waals surface area contributed by atoms with Crippen LogP contribution in [0.3, 0.4) is 0 Å². The van der Waals surface area contributed by atoms with Crippen LogP contribution in [0.25, 0.3) is 0 Å². The number of benzene rings is 2. The smallest absolute Gasteiger partial charge is 0.129 e. The summed E-state index contributed by atoms with van der Waals surface area (Å²) in [6.45, 7) is 2.03. The fourth-order valence-electron chi connectivity index (χ4n) is 1.32. The second-order valence-corrected chi connectivity index (χ2v) is 4.68. The Labute approximate surface area is 98.6 Å². The van der Waals surface area contributed by atoms with Crippen LogP contribution < -0.4 is 0 Å². The van der Waals surface area contributed by atoms with E-state index in [2.05, 4.69) is 0 Å². The maximum Gasteiger partial charge on any atom is 0.129 e. The minimum absolute atomic E-state index is 0.160.